The Balaban J connectivity index is 5.16. The van der Waals surface area contributed by atoms with Gasteiger partial charge in [-0.25, -0.2) is 13.9 Å². The van der Waals surface area contributed by atoms with Crippen LogP contribution in [0.15, 0.2) is 0 Å². The number of hydrogen-bond donors (Lipinski definition) is 7. The Morgan fingerprint density at radius 1 is 1.35 bits per heavy atom. The van der Waals surface area contributed by atoms with Crippen LogP contribution in [0.3, 0.4) is 0 Å². The van der Waals surface area contributed by atoms with Crippen molar-refractivity contribution < 1.29 is 43.1 Å². The second kappa shape index (κ2) is 5.11. The van der Waals surface area contributed by atoms with E-state index in [0.717, 1.165) is 6.92 Å². The van der Waals surface area contributed by atoms with Gasteiger partial charge in [-0.2, -0.15) is 5.09 Å². The molecule has 0 bridgehead atoms. The van der Waals surface area contributed by atoms with Crippen LogP contribution in [0.1, 0.15) is 6.92 Å². The van der Waals surface area contributed by atoms with Crippen molar-refractivity contribution in [2.45, 2.75) is 18.7 Å². The van der Waals surface area contributed by atoms with Crippen molar-refractivity contribution in [1.29, 1.82) is 0 Å². The lowest BCUT2D eigenvalue weighted by Crippen LogP contribution is -2.65. The Hall–Kier alpha value is -0.350. The van der Waals surface area contributed by atoms with Crippen molar-refractivity contribution in [2.75, 3.05) is 0 Å². The number of nitrogens with two attached hydrogens (primary N) is 1. The van der Waals surface area contributed by atoms with E-state index in [1.165, 1.54) is 5.09 Å². The SMILES string of the molecule is CC(OP(=O)(O)O)C(N)(NP(=O)(O)O)C(=O)O. The highest BCUT2D eigenvalue weighted by molar-refractivity contribution is 7.49. The monoisotopic (exact) mass is 294 g/mol. The van der Waals surface area contributed by atoms with Gasteiger partial charge in [-0.15, -0.1) is 0 Å². The van der Waals surface area contributed by atoms with E-state index in [-0.39, 0.29) is 0 Å². The maximum atomic E-state index is 10.8. The molecule has 0 aliphatic rings. The molecule has 0 aromatic rings. The second-order valence-corrected chi connectivity index (χ2v) is 5.57. The molecule has 11 nitrogen and oxygen atoms in total. The van der Waals surface area contributed by atoms with Gasteiger partial charge in [-0.3, -0.25) is 4.52 Å². The summed E-state index contributed by atoms with van der Waals surface area (Å²) in [5, 5.41) is 9.93. The zero-order chi connectivity index (χ0) is 14.1. The van der Waals surface area contributed by atoms with E-state index in [2.05, 4.69) is 4.52 Å². The van der Waals surface area contributed by atoms with Crippen molar-refractivity contribution in [3.05, 3.63) is 0 Å². The molecule has 102 valence electrons. The van der Waals surface area contributed by atoms with E-state index in [4.69, 9.17) is 30.4 Å². The topological polar surface area (TPSA) is 200 Å². The Labute approximate surface area is 95.0 Å². The van der Waals surface area contributed by atoms with E-state index in [0.29, 0.717) is 0 Å². The third-order valence-corrected chi connectivity index (χ3v) is 2.87. The van der Waals surface area contributed by atoms with Gasteiger partial charge in [0.1, 0.15) is 6.10 Å². The van der Waals surface area contributed by atoms with Crippen LogP contribution in [0, 0.1) is 0 Å². The predicted octanol–water partition coefficient (Wildman–Crippen LogP) is -2.09. The molecule has 0 aromatic heterocycles. The maximum Gasteiger partial charge on any atom is 0.469 e. The van der Waals surface area contributed by atoms with Crippen LogP contribution in [0.5, 0.6) is 0 Å². The number of rotatable bonds is 6. The van der Waals surface area contributed by atoms with Gasteiger partial charge < -0.3 is 30.4 Å². The zero-order valence-corrected chi connectivity index (χ0v) is 10.2. The Kier molecular flexibility index (Phi) is 5.00. The maximum absolute atomic E-state index is 10.8. The minimum absolute atomic E-state index is 0.829. The number of phosphoric ester groups is 1. The fourth-order valence-electron chi connectivity index (χ4n) is 0.843. The Bertz CT molecular complexity index is 386. The summed E-state index contributed by atoms with van der Waals surface area (Å²) >= 11 is 0. The predicted molar refractivity (Wildman–Crippen MR) is 52.3 cm³/mol. The summed E-state index contributed by atoms with van der Waals surface area (Å²) in [6, 6.07) is 0. The molecule has 0 fully saturated rings. The number of aliphatic carboxylic acids is 1. The van der Waals surface area contributed by atoms with Crippen LogP contribution in [0.2, 0.25) is 0 Å². The van der Waals surface area contributed by atoms with Crippen LogP contribution in [0.25, 0.3) is 0 Å². The second-order valence-electron chi connectivity index (χ2n) is 3.07. The third-order valence-electron chi connectivity index (χ3n) is 1.62. The fourth-order valence-corrected chi connectivity index (χ4v) is 2.18. The molecule has 2 unspecified atom stereocenters. The summed E-state index contributed by atoms with van der Waals surface area (Å²) in [5.74, 6) is -1.96. The van der Waals surface area contributed by atoms with E-state index in [1.807, 2.05) is 0 Å². The molecule has 0 spiro atoms. The summed E-state index contributed by atoms with van der Waals surface area (Å²) in [4.78, 5) is 44.8. The Morgan fingerprint density at radius 2 is 1.76 bits per heavy atom. The van der Waals surface area contributed by atoms with Gasteiger partial charge in [0.05, 0.1) is 0 Å². The summed E-state index contributed by atoms with van der Waals surface area (Å²) in [6.45, 7) is 0.829. The molecule has 0 saturated heterocycles. The number of carboxylic acids is 1. The molecule has 2 atom stereocenters. The Morgan fingerprint density at radius 3 is 2.00 bits per heavy atom. The van der Waals surface area contributed by atoms with E-state index >= 15 is 0 Å². The van der Waals surface area contributed by atoms with Gasteiger partial charge in [0.25, 0.3) is 0 Å². The van der Waals surface area contributed by atoms with Gasteiger partial charge in [-0.1, -0.05) is 0 Å². The van der Waals surface area contributed by atoms with Crippen LogP contribution >= 0.6 is 15.6 Å². The molecular formula is C4H12N2O9P2. The van der Waals surface area contributed by atoms with Crippen LogP contribution in [-0.4, -0.2) is 42.4 Å². The smallest absolute Gasteiger partial charge is 0.469 e. The molecule has 0 aromatic carbocycles. The first-order valence-electron chi connectivity index (χ1n) is 3.89. The fraction of sp³-hybridized carbons (Fsp3) is 0.750. The van der Waals surface area contributed by atoms with E-state index < -0.39 is 33.3 Å². The van der Waals surface area contributed by atoms with Gasteiger partial charge in [0.15, 0.2) is 0 Å². The average Bonchev–Trinajstić information content (AvgIpc) is 1.96. The van der Waals surface area contributed by atoms with E-state index in [1.54, 1.807) is 0 Å². The lowest BCUT2D eigenvalue weighted by molar-refractivity contribution is -0.148. The number of carbonyl (C=O) groups is 1. The minimum Gasteiger partial charge on any atom is -0.479 e. The van der Waals surface area contributed by atoms with Crippen molar-refractivity contribution in [2.24, 2.45) is 5.73 Å². The quantitative estimate of drug-likeness (QED) is 0.209. The molecule has 0 radical (unpaired) electrons. The number of hydrogen-bond acceptors (Lipinski definition) is 5. The molecule has 13 heteroatoms. The molecule has 0 amide bonds. The van der Waals surface area contributed by atoms with Crippen molar-refractivity contribution in [3.8, 4) is 0 Å². The number of nitrogens with one attached hydrogen (secondary N) is 1. The van der Waals surface area contributed by atoms with Gasteiger partial charge in [-0.05, 0) is 6.92 Å². The lowest BCUT2D eigenvalue weighted by Gasteiger charge is -2.31. The lowest BCUT2D eigenvalue weighted by atomic mass is 10.1. The van der Waals surface area contributed by atoms with E-state index in [9.17, 15) is 13.9 Å². The van der Waals surface area contributed by atoms with Gasteiger partial charge in [0, 0.05) is 0 Å². The molecule has 0 rings (SSSR count). The van der Waals surface area contributed by atoms with Crippen LogP contribution in [0.4, 0.5) is 0 Å². The molecule has 0 saturated carbocycles. The molecule has 0 aliphatic heterocycles. The molecular weight excluding hydrogens is 282 g/mol. The minimum atomic E-state index is -5.06. The van der Waals surface area contributed by atoms with Gasteiger partial charge in [0.2, 0.25) is 5.66 Å². The molecule has 17 heavy (non-hydrogen) atoms. The summed E-state index contributed by atoms with van der Waals surface area (Å²) in [7, 11) is -10.1. The van der Waals surface area contributed by atoms with Crippen molar-refractivity contribution in [3.63, 3.8) is 0 Å². The third kappa shape index (κ3) is 5.68. The average molecular weight is 294 g/mol. The largest absolute Gasteiger partial charge is 0.479 e. The first-order chi connectivity index (χ1) is 7.28. The summed E-state index contributed by atoms with van der Waals surface area (Å²) in [5.41, 5.74) is 2.25. The standard InChI is InChI=1S/C4H12N2O9P2/c1-2(15-17(12,13)14)4(5,3(7)8)6-16(9,10)11/h2H,5H2,1H3,(H,7,8)(H2,12,13,14)(H3,6,9,10,11). The highest BCUT2D eigenvalue weighted by Crippen LogP contribution is 2.41. The molecule has 0 heterocycles. The van der Waals surface area contributed by atoms with Crippen LogP contribution in [-0.2, 0) is 18.4 Å². The first kappa shape index (κ1) is 16.6. The van der Waals surface area contributed by atoms with Crippen LogP contribution < -0.4 is 10.8 Å². The highest BCUT2D eigenvalue weighted by atomic mass is 31.2. The first-order valence-corrected chi connectivity index (χ1v) is 7.03. The molecule has 0 aliphatic carbocycles. The summed E-state index contributed by atoms with van der Waals surface area (Å²) in [6.07, 6.45) is -1.91. The van der Waals surface area contributed by atoms with Crippen molar-refractivity contribution >= 4 is 21.5 Å². The van der Waals surface area contributed by atoms with Gasteiger partial charge >= 0.3 is 21.5 Å². The summed E-state index contributed by atoms with van der Waals surface area (Å²) < 4.78 is 25.1. The van der Waals surface area contributed by atoms with Crippen molar-refractivity contribution in [1.82, 2.24) is 5.09 Å². The molecule has 8 N–H and O–H groups in total. The number of carboxylic acid groups (broad SMARTS) is 1. The highest BCUT2D eigenvalue weighted by Gasteiger charge is 2.47. The normalized spacial score (nSPS) is 18.5. The zero-order valence-electron chi connectivity index (χ0n) is 8.42. The number of phosphoric acid groups is 1.